The SMILES string of the molecule is Cc1ccc(-n2c(O)c(/C=C3\C=Nc4ccccc43)sc2=S)cc1Cl. The molecule has 25 heavy (non-hydrogen) atoms. The monoisotopic (exact) mass is 384 g/mol. The maximum absolute atomic E-state index is 10.7. The number of thiazole rings is 1. The molecule has 2 heterocycles. The summed E-state index contributed by atoms with van der Waals surface area (Å²) in [6.07, 6.45) is 3.72. The van der Waals surface area contributed by atoms with Crippen LogP contribution in [-0.2, 0) is 0 Å². The fourth-order valence-electron chi connectivity index (χ4n) is 2.72. The normalized spacial score (nSPS) is 14.2. The lowest BCUT2D eigenvalue weighted by molar-refractivity contribution is 0.441. The second kappa shape index (κ2) is 6.26. The average molecular weight is 385 g/mol. The van der Waals surface area contributed by atoms with Crippen LogP contribution in [0.25, 0.3) is 17.3 Å². The summed E-state index contributed by atoms with van der Waals surface area (Å²) in [5, 5.41) is 11.3. The van der Waals surface area contributed by atoms with Gasteiger partial charge >= 0.3 is 0 Å². The molecular formula is C19H13ClN2OS2. The Balaban J connectivity index is 1.82. The Kier molecular flexibility index (Phi) is 4.07. The van der Waals surface area contributed by atoms with Gasteiger partial charge in [0.25, 0.3) is 0 Å². The molecule has 0 aliphatic carbocycles. The highest BCUT2D eigenvalue weighted by atomic mass is 35.5. The Morgan fingerprint density at radius 3 is 2.84 bits per heavy atom. The summed E-state index contributed by atoms with van der Waals surface area (Å²) in [7, 11) is 0. The first-order valence-electron chi connectivity index (χ1n) is 7.61. The van der Waals surface area contributed by atoms with Gasteiger partial charge in [0, 0.05) is 22.4 Å². The number of hydrogen-bond acceptors (Lipinski definition) is 4. The summed E-state index contributed by atoms with van der Waals surface area (Å²) in [4.78, 5) is 5.09. The molecule has 0 saturated heterocycles. The van der Waals surface area contributed by atoms with Crippen molar-refractivity contribution in [3.63, 3.8) is 0 Å². The van der Waals surface area contributed by atoms with Gasteiger partial charge in [-0.05, 0) is 49.0 Å². The number of para-hydroxylation sites is 1. The summed E-state index contributed by atoms with van der Waals surface area (Å²) in [6, 6.07) is 13.5. The predicted molar refractivity (Wildman–Crippen MR) is 108 cm³/mol. The molecule has 1 aliphatic rings. The van der Waals surface area contributed by atoms with Crippen LogP contribution >= 0.6 is 35.2 Å². The number of aryl methyl sites for hydroxylation is 1. The number of aliphatic imine (C=N–C) groups is 1. The third-order valence-corrected chi connectivity index (χ3v) is 5.79. The molecule has 0 bridgehead atoms. The van der Waals surface area contributed by atoms with Gasteiger partial charge < -0.3 is 5.11 Å². The van der Waals surface area contributed by atoms with Crippen LogP contribution in [0.1, 0.15) is 16.0 Å². The van der Waals surface area contributed by atoms with Crippen molar-refractivity contribution < 1.29 is 5.11 Å². The lowest BCUT2D eigenvalue weighted by Crippen LogP contribution is -1.93. The maximum Gasteiger partial charge on any atom is 0.215 e. The van der Waals surface area contributed by atoms with Gasteiger partial charge in [-0.3, -0.25) is 9.56 Å². The van der Waals surface area contributed by atoms with Crippen LogP contribution in [0.4, 0.5) is 5.69 Å². The molecule has 2 aromatic carbocycles. The fourth-order valence-corrected chi connectivity index (χ4v) is 4.20. The van der Waals surface area contributed by atoms with Gasteiger partial charge in [-0.2, -0.15) is 0 Å². The van der Waals surface area contributed by atoms with Crippen molar-refractivity contribution in [3.05, 3.63) is 67.4 Å². The van der Waals surface area contributed by atoms with Crippen LogP contribution < -0.4 is 0 Å². The highest BCUT2D eigenvalue weighted by Gasteiger charge is 2.16. The second-order valence-electron chi connectivity index (χ2n) is 5.70. The summed E-state index contributed by atoms with van der Waals surface area (Å²) in [5.74, 6) is 0.111. The number of fused-ring (bicyclic) bond motifs is 1. The number of hydrogen-bond donors (Lipinski definition) is 1. The van der Waals surface area contributed by atoms with Crippen molar-refractivity contribution in [2.45, 2.75) is 6.92 Å². The number of nitrogens with zero attached hydrogens (tertiary/aromatic N) is 2. The molecule has 1 aromatic heterocycles. The third-order valence-electron chi connectivity index (χ3n) is 4.07. The molecule has 3 aromatic rings. The lowest BCUT2D eigenvalue weighted by atomic mass is 10.1. The molecule has 0 amide bonds. The van der Waals surface area contributed by atoms with Gasteiger partial charge in [-0.15, -0.1) is 11.3 Å². The van der Waals surface area contributed by atoms with E-state index >= 15 is 0 Å². The summed E-state index contributed by atoms with van der Waals surface area (Å²) < 4.78 is 2.20. The van der Waals surface area contributed by atoms with Crippen molar-refractivity contribution in [1.29, 1.82) is 0 Å². The van der Waals surface area contributed by atoms with Gasteiger partial charge in [-0.25, -0.2) is 0 Å². The molecule has 0 unspecified atom stereocenters. The van der Waals surface area contributed by atoms with E-state index in [0.717, 1.165) is 28.1 Å². The molecule has 0 atom stereocenters. The number of aromatic nitrogens is 1. The van der Waals surface area contributed by atoms with E-state index in [1.807, 2.05) is 55.5 Å². The quantitative estimate of drug-likeness (QED) is 0.534. The molecule has 4 rings (SSSR count). The molecule has 0 saturated carbocycles. The van der Waals surface area contributed by atoms with Crippen LogP contribution in [0.5, 0.6) is 5.88 Å². The minimum atomic E-state index is 0.111. The predicted octanol–water partition coefficient (Wildman–Crippen LogP) is 6.19. The lowest BCUT2D eigenvalue weighted by Gasteiger charge is -2.07. The van der Waals surface area contributed by atoms with Gasteiger partial charge in [-0.1, -0.05) is 35.9 Å². The molecule has 0 spiro atoms. The van der Waals surface area contributed by atoms with Crippen LogP contribution in [0.3, 0.4) is 0 Å². The zero-order valence-electron chi connectivity index (χ0n) is 13.2. The van der Waals surface area contributed by atoms with Crippen molar-refractivity contribution in [1.82, 2.24) is 4.57 Å². The van der Waals surface area contributed by atoms with Gasteiger partial charge in [0.15, 0.2) is 3.95 Å². The minimum Gasteiger partial charge on any atom is -0.493 e. The van der Waals surface area contributed by atoms with Crippen LogP contribution in [-0.4, -0.2) is 15.9 Å². The number of halogens is 1. The highest BCUT2D eigenvalue weighted by Crippen LogP contribution is 2.37. The van der Waals surface area contributed by atoms with E-state index < -0.39 is 0 Å². The second-order valence-corrected chi connectivity index (χ2v) is 7.78. The first-order valence-corrected chi connectivity index (χ1v) is 9.21. The number of benzene rings is 2. The molecule has 3 nitrogen and oxygen atoms in total. The van der Waals surface area contributed by atoms with Crippen LogP contribution in [0, 0.1) is 10.9 Å². The van der Waals surface area contributed by atoms with E-state index in [9.17, 15) is 5.11 Å². The first kappa shape index (κ1) is 16.3. The van der Waals surface area contributed by atoms with E-state index in [1.54, 1.807) is 10.8 Å². The average Bonchev–Trinajstić information content (AvgIpc) is 3.12. The topological polar surface area (TPSA) is 37.5 Å². The third kappa shape index (κ3) is 2.84. The molecule has 0 radical (unpaired) electrons. The molecule has 1 aliphatic heterocycles. The van der Waals surface area contributed by atoms with Crippen molar-refractivity contribution in [3.8, 4) is 11.6 Å². The molecule has 0 fully saturated rings. The van der Waals surface area contributed by atoms with Gasteiger partial charge in [0.1, 0.15) is 0 Å². The van der Waals surface area contributed by atoms with E-state index in [1.165, 1.54) is 11.3 Å². The Hall–Kier alpha value is -2.21. The molecule has 124 valence electrons. The Bertz CT molecular complexity index is 1110. The van der Waals surface area contributed by atoms with Crippen molar-refractivity contribution >= 4 is 58.7 Å². The van der Waals surface area contributed by atoms with Crippen molar-refractivity contribution in [2.75, 3.05) is 0 Å². The largest absolute Gasteiger partial charge is 0.493 e. The molecular weight excluding hydrogens is 372 g/mol. The van der Waals surface area contributed by atoms with Gasteiger partial charge in [0.2, 0.25) is 5.88 Å². The summed E-state index contributed by atoms with van der Waals surface area (Å²) in [5.41, 5.74) is 4.66. The van der Waals surface area contributed by atoms with E-state index in [-0.39, 0.29) is 5.88 Å². The minimum absolute atomic E-state index is 0.111. The number of aromatic hydroxyl groups is 1. The number of allylic oxidation sites excluding steroid dienone is 1. The van der Waals surface area contributed by atoms with E-state index in [2.05, 4.69) is 4.99 Å². The Morgan fingerprint density at radius 1 is 1.24 bits per heavy atom. The van der Waals surface area contributed by atoms with E-state index in [4.69, 9.17) is 23.8 Å². The molecule has 6 heteroatoms. The van der Waals surface area contributed by atoms with Crippen LogP contribution in [0.15, 0.2) is 47.5 Å². The summed E-state index contributed by atoms with van der Waals surface area (Å²) >= 11 is 13.0. The Morgan fingerprint density at radius 2 is 2.04 bits per heavy atom. The smallest absolute Gasteiger partial charge is 0.215 e. The summed E-state index contributed by atoms with van der Waals surface area (Å²) in [6.45, 7) is 1.94. The fraction of sp³-hybridized carbons (Fsp3) is 0.0526. The van der Waals surface area contributed by atoms with Gasteiger partial charge in [0.05, 0.1) is 16.3 Å². The standard InChI is InChI=1S/C19H13ClN2OS2/c1-11-6-7-13(9-15(11)20)22-18(23)17(25-19(22)24)8-12-10-21-16-5-3-2-4-14(12)16/h2-10,23H,1H3/b12-8+. The maximum atomic E-state index is 10.7. The number of rotatable bonds is 2. The van der Waals surface area contributed by atoms with Crippen LogP contribution in [0.2, 0.25) is 5.02 Å². The molecule has 1 N–H and O–H groups in total. The van der Waals surface area contributed by atoms with E-state index in [0.29, 0.717) is 13.9 Å². The first-order chi connectivity index (χ1) is 12.0. The van der Waals surface area contributed by atoms with Crippen molar-refractivity contribution in [2.24, 2.45) is 4.99 Å². The zero-order chi connectivity index (χ0) is 17.6. The highest BCUT2D eigenvalue weighted by molar-refractivity contribution is 7.73. The Labute approximate surface area is 159 Å². The zero-order valence-corrected chi connectivity index (χ0v) is 15.6.